The first-order valence-corrected chi connectivity index (χ1v) is 10.2. The smallest absolute Gasteiger partial charge is 0.261 e. The second-order valence-corrected chi connectivity index (χ2v) is 7.92. The Morgan fingerprint density at radius 1 is 1.27 bits per heavy atom. The molecular weight excluding hydrogens is 344 g/mol. The summed E-state index contributed by atoms with van der Waals surface area (Å²) in [7, 11) is 0. The molecule has 1 aliphatic carbocycles. The van der Waals surface area contributed by atoms with Crippen molar-refractivity contribution in [1.82, 2.24) is 9.88 Å². The minimum absolute atomic E-state index is 0.0135. The number of hydrogen-bond acceptors (Lipinski definition) is 3. The average molecular weight is 369 g/mol. The molecule has 1 aromatic carbocycles. The zero-order valence-electron chi connectivity index (χ0n) is 15.0. The van der Waals surface area contributed by atoms with Gasteiger partial charge in [0.25, 0.3) is 5.91 Å². The Hall–Kier alpha value is -2.27. The molecule has 26 heavy (non-hydrogen) atoms. The normalized spacial score (nSPS) is 14.8. The van der Waals surface area contributed by atoms with Gasteiger partial charge in [0, 0.05) is 30.4 Å². The number of carbonyl (C=O) groups excluding carboxylic acids is 1. The number of benzene rings is 1. The number of nitrogens with zero attached hydrogens (tertiary/aromatic N) is 1. The van der Waals surface area contributed by atoms with Crippen molar-refractivity contribution in [2.45, 2.75) is 45.2 Å². The summed E-state index contributed by atoms with van der Waals surface area (Å²) in [6, 6.07) is 10.5. The molecule has 0 saturated heterocycles. The largest absolute Gasteiger partial charge is 0.494 e. The Morgan fingerprint density at radius 3 is 2.88 bits per heavy atom. The highest BCUT2D eigenvalue weighted by Crippen LogP contribution is 2.34. The van der Waals surface area contributed by atoms with E-state index in [1.54, 1.807) is 11.3 Å². The molecular formula is C21H24N2O2S. The van der Waals surface area contributed by atoms with Crippen LogP contribution in [-0.4, -0.2) is 17.1 Å². The van der Waals surface area contributed by atoms with Crippen LogP contribution in [0.25, 0.3) is 10.1 Å². The molecule has 0 radical (unpaired) electrons. The van der Waals surface area contributed by atoms with E-state index in [-0.39, 0.29) is 5.91 Å². The number of aromatic nitrogens is 1. The number of rotatable bonds is 6. The van der Waals surface area contributed by atoms with Gasteiger partial charge in [-0.1, -0.05) is 25.0 Å². The summed E-state index contributed by atoms with van der Waals surface area (Å²) in [6.45, 7) is 3.11. The first-order valence-electron chi connectivity index (χ1n) is 9.34. The van der Waals surface area contributed by atoms with Gasteiger partial charge in [-0.15, -0.1) is 11.3 Å². The van der Waals surface area contributed by atoms with Gasteiger partial charge in [-0.05, 0) is 43.5 Å². The highest BCUT2D eigenvalue weighted by atomic mass is 32.1. The number of carbonyl (C=O) groups is 1. The summed E-state index contributed by atoms with van der Waals surface area (Å²) in [5.74, 6) is 0.825. The van der Waals surface area contributed by atoms with Crippen molar-refractivity contribution in [1.29, 1.82) is 0 Å². The first kappa shape index (κ1) is 17.2. The van der Waals surface area contributed by atoms with Crippen LogP contribution in [-0.2, 0) is 6.54 Å². The van der Waals surface area contributed by atoms with E-state index in [9.17, 15) is 4.79 Å². The number of nitrogens with one attached hydrogen (secondary N) is 1. The second-order valence-electron chi connectivity index (χ2n) is 6.84. The van der Waals surface area contributed by atoms with Crippen LogP contribution in [0.3, 0.4) is 0 Å². The number of hydrogen-bond donors (Lipinski definition) is 1. The third-order valence-electron chi connectivity index (χ3n) is 4.98. The van der Waals surface area contributed by atoms with Gasteiger partial charge < -0.3 is 14.6 Å². The lowest BCUT2D eigenvalue weighted by atomic mass is 10.2. The predicted molar refractivity (Wildman–Crippen MR) is 106 cm³/mol. The molecule has 1 aliphatic rings. The molecule has 1 N–H and O–H groups in total. The molecule has 0 unspecified atom stereocenters. The SMILES string of the molecule is CCOc1cccc(CNC(=O)c2cc3cn(C4CCCC4)cc3s2)c1. The van der Waals surface area contributed by atoms with Gasteiger partial charge in [0.05, 0.1) is 16.2 Å². The molecule has 1 fully saturated rings. The van der Waals surface area contributed by atoms with E-state index in [2.05, 4.69) is 22.3 Å². The minimum Gasteiger partial charge on any atom is -0.494 e. The first-order chi connectivity index (χ1) is 12.7. The summed E-state index contributed by atoms with van der Waals surface area (Å²) < 4.78 is 9.04. The Kier molecular flexibility index (Phi) is 4.98. The van der Waals surface area contributed by atoms with Crippen molar-refractivity contribution in [2.24, 2.45) is 0 Å². The Bertz CT molecular complexity index is 874. The van der Waals surface area contributed by atoms with Crippen molar-refractivity contribution >= 4 is 27.3 Å². The number of fused-ring (bicyclic) bond motifs is 1. The zero-order chi connectivity index (χ0) is 17.9. The molecule has 1 amide bonds. The molecule has 3 aromatic rings. The summed E-state index contributed by atoms with van der Waals surface area (Å²) in [5, 5.41) is 4.19. The summed E-state index contributed by atoms with van der Waals surface area (Å²) in [4.78, 5) is 13.3. The summed E-state index contributed by atoms with van der Waals surface area (Å²) >= 11 is 1.57. The Balaban J connectivity index is 1.41. The predicted octanol–water partition coefficient (Wildman–Crippen LogP) is 5.15. The Labute approximate surface area is 157 Å². The van der Waals surface area contributed by atoms with Crippen molar-refractivity contribution < 1.29 is 9.53 Å². The van der Waals surface area contributed by atoms with Gasteiger partial charge in [-0.2, -0.15) is 0 Å². The van der Waals surface area contributed by atoms with Crippen LogP contribution in [0.2, 0.25) is 0 Å². The van der Waals surface area contributed by atoms with Crippen molar-refractivity contribution in [3.8, 4) is 5.75 Å². The van der Waals surface area contributed by atoms with Crippen LogP contribution in [0.5, 0.6) is 5.75 Å². The minimum atomic E-state index is -0.0135. The fraction of sp³-hybridized carbons (Fsp3) is 0.381. The highest BCUT2D eigenvalue weighted by Gasteiger charge is 2.18. The lowest BCUT2D eigenvalue weighted by molar-refractivity contribution is 0.0955. The van der Waals surface area contributed by atoms with E-state index in [1.807, 2.05) is 37.3 Å². The maximum atomic E-state index is 12.5. The highest BCUT2D eigenvalue weighted by molar-refractivity contribution is 7.20. The van der Waals surface area contributed by atoms with Crippen molar-refractivity contribution in [3.63, 3.8) is 0 Å². The molecule has 4 rings (SSSR count). The van der Waals surface area contributed by atoms with Crippen molar-refractivity contribution in [2.75, 3.05) is 6.61 Å². The zero-order valence-corrected chi connectivity index (χ0v) is 15.8. The van der Waals surface area contributed by atoms with Gasteiger partial charge in [0.15, 0.2) is 0 Å². The summed E-state index contributed by atoms with van der Waals surface area (Å²) in [6.07, 6.45) is 9.61. The van der Waals surface area contributed by atoms with Crippen LogP contribution in [0.4, 0.5) is 0 Å². The monoisotopic (exact) mass is 368 g/mol. The molecule has 0 aliphatic heterocycles. The molecule has 2 aromatic heterocycles. The van der Waals surface area contributed by atoms with Gasteiger partial charge >= 0.3 is 0 Å². The van der Waals surface area contributed by atoms with E-state index in [0.717, 1.165) is 16.2 Å². The van der Waals surface area contributed by atoms with Crippen LogP contribution in [0.15, 0.2) is 42.7 Å². The van der Waals surface area contributed by atoms with Gasteiger partial charge in [-0.25, -0.2) is 0 Å². The van der Waals surface area contributed by atoms with Crippen molar-refractivity contribution in [3.05, 3.63) is 53.2 Å². The molecule has 5 heteroatoms. The quantitative estimate of drug-likeness (QED) is 0.654. The fourth-order valence-corrected chi connectivity index (χ4v) is 4.65. The Morgan fingerprint density at radius 2 is 2.12 bits per heavy atom. The molecule has 1 saturated carbocycles. The maximum Gasteiger partial charge on any atom is 0.261 e. The summed E-state index contributed by atoms with van der Waals surface area (Å²) in [5.41, 5.74) is 1.04. The molecule has 0 bridgehead atoms. The number of thiophene rings is 1. The molecule has 0 spiro atoms. The van der Waals surface area contributed by atoms with Crippen LogP contribution in [0.1, 0.15) is 53.9 Å². The molecule has 136 valence electrons. The molecule has 0 atom stereocenters. The lowest BCUT2D eigenvalue weighted by Gasteiger charge is -2.10. The van der Waals surface area contributed by atoms with Gasteiger partial charge in [0.2, 0.25) is 0 Å². The van der Waals surface area contributed by atoms with E-state index < -0.39 is 0 Å². The van der Waals surface area contributed by atoms with E-state index in [1.165, 1.54) is 35.8 Å². The van der Waals surface area contributed by atoms with Gasteiger partial charge in [-0.3, -0.25) is 4.79 Å². The average Bonchev–Trinajstić information content (AvgIpc) is 3.35. The fourth-order valence-electron chi connectivity index (χ4n) is 3.66. The van der Waals surface area contributed by atoms with Gasteiger partial charge in [0.1, 0.15) is 5.75 Å². The third kappa shape index (κ3) is 3.63. The van der Waals surface area contributed by atoms with E-state index >= 15 is 0 Å². The van der Waals surface area contributed by atoms with Crippen LogP contribution in [0, 0.1) is 0 Å². The number of ether oxygens (including phenoxy) is 1. The molecule has 2 heterocycles. The topological polar surface area (TPSA) is 43.3 Å². The standard InChI is InChI=1S/C21H24N2O2S/c1-2-25-18-9-5-6-15(10-18)12-22-21(24)19-11-16-13-23(14-20(16)26-19)17-7-3-4-8-17/h5-6,9-11,13-14,17H,2-4,7-8,12H2,1H3,(H,22,24). The van der Waals surface area contributed by atoms with Crippen LogP contribution >= 0.6 is 11.3 Å². The van der Waals surface area contributed by atoms with E-state index in [0.29, 0.717) is 19.2 Å². The second kappa shape index (κ2) is 7.54. The number of amides is 1. The van der Waals surface area contributed by atoms with Crippen LogP contribution < -0.4 is 10.1 Å². The maximum absolute atomic E-state index is 12.5. The lowest BCUT2D eigenvalue weighted by Crippen LogP contribution is -2.21. The third-order valence-corrected chi connectivity index (χ3v) is 6.06. The molecule has 4 nitrogen and oxygen atoms in total. The van der Waals surface area contributed by atoms with E-state index in [4.69, 9.17) is 4.74 Å².